The highest BCUT2D eigenvalue weighted by Crippen LogP contribution is 2.36. The molecule has 3 rings (SSSR count). The lowest BCUT2D eigenvalue weighted by Gasteiger charge is -2.21. The number of nitrogens with zero attached hydrogens (tertiary/aromatic N) is 4. The van der Waals surface area contributed by atoms with Crippen LogP contribution in [-0.2, 0) is 24.7 Å². The maximum atomic E-state index is 12.3. The molecule has 0 fully saturated rings. The van der Waals surface area contributed by atoms with Gasteiger partial charge >= 0.3 is 0 Å². The van der Waals surface area contributed by atoms with Crippen LogP contribution in [0.4, 0.5) is 0 Å². The zero-order chi connectivity index (χ0) is 15.6. The molecule has 1 aliphatic carbocycles. The Morgan fingerprint density at radius 2 is 2.36 bits per heavy atom. The first-order chi connectivity index (χ1) is 10.6. The van der Waals surface area contributed by atoms with Gasteiger partial charge in [0.25, 0.3) is 0 Å². The molecule has 2 aliphatic rings. The molecule has 0 spiro atoms. The van der Waals surface area contributed by atoms with E-state index in [1.54, 1.807) is 0 Å². The quantitative estimate of drug-likeness (QED) is 0.811. The first-order valence-corrected chi connectivity index (χ1v) is 7.78. The molecular weight excluding hydrogens is 278 g/mol. The number of nitrogens with one attached hydrogen (secondary N) is 1. The Kier molecular flexibility index (Phi) is 3.97. The topological polar surface area (TPSA) is 71.6 Å². The van der Waals surface area contributed by atoms with E-state index in [2.05, 4.69) is 31.0 Å². The van der Waals surface area contributed by atoms with Gasteiger partial charge in [0.15, 0.2) is 5.66 Å². The van der Waals surface area contributed by atoms with E-state index in [1.807, 2.05) is 13.4 Å². The minimum Gasteiger partial charge on any atom is -0.356 e. The second-order valence-electron chi connectivity index (χ2n) is 6.12. The van der Waals surface area contributed by atoms with Gasteiger partial charge in [-0.25, -0.2) is 4.98 Å². The number of amides is 1. The predicted octanol–water partition coefficient (Wildman–Crippen LogP) is 1.61. The van der Waals surface area contributed by atoms with Crippen LogP contribution in [0.2, 0.25) is 0 Å². The SMILES string of the molecule is C#CCCC1(CCNC(=O)C2CCc3c(ncn3C)C2)N=N1. The first-order valence-electron chi connectivity index (χ1n) is 7.78. The number of rotatable bonds is 6. The maximum absolute atomic E-state index is 12.3. The summed E-state index contributed by atoms with van der Waals surface area (Å²) in [6.07, 6.45) is 11.8. The van der Waals surface area contributed by atoms with Gasteiger partial charge in [-0.05, 0) is 12.8 Å². The summed E-state index contributed by atoms with van der Waals surface area (Å²) in [5.74, 6) is 2.75. The molecule has 0 aromatic carbocycles. The lowest BCUT2D eigenvalue weighted by Crippen LogP contribution is -2.36. The minimum atomic E-state index is -0.319. The molecule has 22 heavy (non-hydrogen) atoms. The molecule has 2 heterocycles. The van der Waals surface area contributed by atoms with E-state index in [9.17, 15) is 4.79 Å². The molecule has 0 radical (unpaired) electrons. The van der Waals surface area contributed by atoms with Crippen LogP contribution in [0.5, 0.6) is 0 Å². The Labute approximate surface area is 130 Å². The first kappa shape index (κ1) is 14.8. The smallest absolute Gasteiger partial charge is 0.223 e. The summed E-state index contributed by atoms with van der Waals surface area (Å²) >= 11 is 0. The molecule has 1 aliphatic heterocycles. The normalized spacial score (nSPS) is 21.0. The van der Waals surface area contributed by atoms with Gasteiger partial charge in [0.2, 0.25) is 5.91 Å². The van der Waals surface area contributed by atoms with Crippen LogP contribution in [0.25, 0.3) is 0 Å². The number of hydrogen-bond acceptors (Lipinski definition) is 4. The Morgan fingerprint density at radius 1 is 1.55 bits per heavy atom. The summed E-state index contributed by atoms with van der Waals surface area (Å²) in [5.41, 5.74) is 2.00. The number of imidazole rings is 1. The molecule has 0 bridgehead atoms. The third-order valence-electron chi connectivity index (χ3n) is 4.56. The van der Waals surface area contributed by atoms with Crippen molar-refractivity contribution >= 4 is 5.91 Å². The summed E-state index contributed by atoms with van der Waals surface area (Å²) in [6, 6.07) is 0. The van der Waals surface area contributed by atoms with Crippen molar-refractivity contribution in [2.24, 2.45) is 23.2 Å². The van der Waals surface area contributed by atoms with Gasteiger partial charge in [-0.2, -0.15) is 10.2 Å². The van der Waals surface area contributed by atoms with E-state index in [0.717, 1.165) is 37.8 Å². The fourth-order valence-corrected chi connectivity index (χ4v) is 3.06. The molecule has 1 atom stereocenters. The van der Waals surface area contributed by atoms with E-state index in [0.29, 0.717) is 13.0 Å². The molecule has 1 amide bonds. The van der Waals surface area contributed by atoms with Crippen LogP contribution < -0.4 is 5.32 Å². The van der Waals surface area contributed by atoms with Crippen LogP contribution in [0.1, 0.15) is 37.1 Å². The standard InChI is InChI=1S/C16H21N5O/c1-3-4-7-16(19-20-16)8-9-17-15(22)12-5-6-14-13(10-12)18-11-21(14)2/h1,11-12H,4-10H2,2H3,(H,17,22). The molecule has 1 aromatic heterocycles. The predicted molar refractivity (Wildman–Crippen MR) is 82.0 cm³/mol. The van der Waals surface area contributed by atoms with Gasteiger partial charge < -0.3 is 9.88 Å². The molecule has 1 unspecified atom stereocenters. The van der Waals surface area contributed by atoms with Crippen LogP contribution >= 0.6 is 0 Å². The molecule has 0 saturated heterocycles. The third kappa shape index (κ3) is 3.03. The lowest BCUT2D eigenvalue weighted by molar-refractivity contribution is -0.125. The highest BCUT2D eigenvalue weighted by Gasteiger charge is 2.38. The summed E-state index contributed by atoms with van der Waals surface area (Å²) in [7, 11) is 2.00. The monoisotopic (exact) mass is 299 g/mol. The van der Waals surface area contributed by atoms with Crippen molar-refractivity contribution in [1.29, 1.82) is 0 Å². The van der Waals surface area contributed by atoms with Crippen molar-refractivity contribution in [3.8, 4) is 12.3 Å². The molecule has 6 nitrogen and oxygen atoms in total. The average molecular weight is 299 g/mol. The maximum Gasteiger partial charge on any atom is 0.223 e. The number of hydrogen-bond donors (Lipinski definition) is 1. The average Bonchev–Trinajstić information content (AvgIpc) is 3.21. The molecule has 116 valence electrons. The molecule has 1 N–H and O–H groups in total. The zero-order valence-corrected chi connectivity index (χ0v) is 12.9. The Hall–Kier alpha value is -2.16. The Bertz CT molecular complexity index is 633. The van der Waals surface area contributed by atoms with E-state index >= 15 is 0 Å². The number of aryl methyl sites for hydroxylation is 1. The van der Waals surface area contributed by atoms with Crippen LogP contribution in [0.15, 0.2) is 16.6 Å². The number of carbonyl (C=O) groups is 1. The zero-order valence-electron chi connectivity index (χ0n) is 12.9. The summed E-state index contributed by atoms with van der Waals surface area (Å²) in [6.45, 7) is 0.599. The number of fused-ring (bicyclic) bond motifs is 1. The fourth-order valence-electron chi connectivity index (χ4n) is 3.06. The van der Waals surface area contributed by atoms with Crippen molar-refractivity contribution in [2.75, 3.05) is 6.54 Å². The molecule has 1 aromatic rings. The summed E-state index contributed by atoms with van der Waals surface area (Å²) in [5, 5.41) is 11.2. The number of carbonyl (C=O) groups excluding carboxylic acids is 1. The Balaban J connectivity index is 1.45. The fraction of sp³-hybridized carbons (Fsp3) is 0.625. The third-order valence-corrected chi connectivity index (χ3v) is 4.56. The van der Waals surface area contributed by atoms with E-state index < -0.39 is 0 Å². The van der Waals surface area contributed by atoms with Crippen molar-refractivity contribution in [2.45, 2.75) is 44.2 Å². The van der Waals surface area contributed by atoms with Gasteiger partial charge in [-0.15, -0.1) is 12.3 Å². The van der Waals surface area contributed by atoms with Gasteiger partial charge in [0, 0.05) is 50.9 Å². The number of aromatic nitrogens is 2. The van der Waals surface area contributed by atoms with Crippen LogP contribution in [0.3, 0.4) is 0 Å². The largest absolute Gasteiger partial charge is 0.356 e. The molecular formula is C16H21N5O. The minimum absolute atomic E-state index is 0.0251. The van der Waals surface area contributed by atoms with Crippen molar-refractivity contribution in [3.63, 3.8) is 0 Å². The Morgan fingerprint density at radius 3 is 3.09 bits per heavy atom. The van der Waals surface area contributed by atoms with E-state index in [4.69, 9.17) is 6.42 Å². The van der Waals surface area contributed by atoms with Crippen LogP contribution in [0, 0.1) is 18.3 Å². The molecule has 0 saturated carbocycles. The second kappa shape index (κ2) is 5.91. The van der Waals surface area contributed by atoms with Crippen LogP contribution in [-0.4, -0.2) is 27.7 Å². The van der Waals surface area contributed by atoms with Crippen molar-refractivity contribution in [3.05, 3.63) is 17.7 Å². The van der Waals surface area contributed by atoms with Crippen molar-refractivity contribution in [1.82, 2.24) is 14.9 Å². The van der Waals surface area contributed by atoms with E-state index in [-0.39, 0.29) is 17.5 Å². The highest BCUT2D eigenvalue weighted by molar-refractivity contribution is 5.79. The van der Waals surface area contributed by atoms with Gasteiger partial charge in [0.05, 0.1) is 12.0 Å². The molecule has 6 heteroatoms. The lowest BCUT2D eigenvalue weighted by atomic mass is 9.89. The van der Waals surface area contributed by atoms with Gasteiger partial charge in [-0.3, -0.25) is 4.79 Å². The number of terminal acetylenes is 1. The summed E-state index contributed by atoms with van der Waals surface area (Å²) in [4.78, 5) is 16.7. The second-order valence-corrected chi connectivity index (χ2v) is 6.12. The van der Waals surface area contributed by atoms with E-state index in [1.165, 1.54) is 5.69 Å². The van der Waals surface area contributed by atoms with Crippen molar-refractivity contribution < 1.29 is 4.79 Å². The van der Waals surface area contributed by atoms with Gasteiger partial charge in [-0.1, -0.05) is 0 Å². The summed E-state index contributed by atoms with van der Waals surface area (Å²) < 4.78 is 2.05. The van der Waals surface area contributed by atoms with Gasteiger partial charge in [0.1, 0.15) is 0 Å². The highest BCUT2D eigenvalue weighted by atomic mass is 16.1.